The molecule has 0 aromatic heterocycles. The van der Waals surface area contributed by atoms with Crippen molar-refractivity contribution in [3.63, 3.8) is 0 Å². The lowest BCUT2D eigenvalue weighted by molar-refractivity contribution is -0.138. The van der Waals surface area contributed by atoms with Crippen molar-refractivity contribution in [3.8, 4) is 0 Å². The number of ether oxygens (including phenoxy) is 1. The smallest absolute Gasteiger partial charge is 0.379 e. The van der Waals surface area contributed by atoms with Crippen molar-refractivity contribution in [2.24, 2.45) is 0 Å². The van der Waals surface area contributed by atoms with Crippen LogP contribution in [0.1, 0.15) is 36.5 Å². The Morgan fingerprint density at radius 3 is 2.41 bits per heavy atom. The number of alkyl halides is 3. The molecule has 1 heterocycles. The second-order valence-corrected chi connectivity index (χ2v) is 6.24. The first-order chi connectivity index (χ1) is 10.3. The van der Waals surface area contributed by atoms with E-state index in [4.69, 9.17) is 16.3 Å². The third kappa shape index (κ3) is 4.15. The van der Waals surface area contributed by atoms with Crippen LogP contribution in [-0.4, -0.2) is 37.7 Å². The highest BCUT2D eigenvalue weighted by atomic mass is 35.5. The molecule has 0 saturated carbocycles. The van der Waals surface area contributed by atoms with Crippen LogP contribution < -0.4 is 0 Å². The van der Waals surface area contributed by atoms with Gasteiger partial charge in [0.1, 0.15) is 0 Å². The normalized spacial score (nSPS) is 17.2. The van der Waals surface area contributed by atoms with Crippen LogP contribution in [0.5, 0.6) is 0 Å². The minimum Gasteiger partial charge on any atom is -0.379 e. The van der Waals surface area contributed by atoms with Gasteiger partial charge in [0, 0.05) is 19.6 Å². The highest BCUT2D eigenvalue weighted by Crippen LogP contribution is 2.41. The molecule has 0 bridgehead atoms. The van der Waals surface area contributed by atoms with Crippen LogP contribution in [0, 0.1) is 0 Å². The van der Waals surface area contributed by atoms with E-state index in [1.165, 1.54) is 0 Å². The maximum atomic E-state index is 13.3. The summed E-state index contributed by atoms with van der Waals surface area (Å²) in [5, 5.41) is -0.146. The molecule has 1 aliphatic rings. The molecule has 0 spiro atoms. The largest absolute Gasteiger partial charge is 0.418 e. The fraction of sp³-hybridized carbons (Fsp3) is 0.625. The van der Waals surface area contributed by atoms with Crippen molar-refractivity contribution in [2.45, 2.75) is 32.4 Å². The van der Waals surface area contributed by atoms with E-state index >= 15 is 0 Å². The number of hydrogen-bond donors (Lipinski definition) is 0. The Kier molecular flexibility index (Phi) is 5.75. The van der Waals surface area contributed by atoms with Crippen molar-refractivity contribution in [2.75, 3.05) is 32.8 Å². The first kappa shape index (κ1) is 17.6. The van der Waals surface area contributed by atoms with E-state index in [1.54, 1.807) is 26.0 Å². The molecule has 0 aliphatic carbocycles. The molecule has 6 heteroatoms. The van der Waals surface area contributed by atoms with Crippen molar-refractivity contribution >= 4 is 11.6 Å². The average molecular weight is 336 g/mol. The van der Waals surface area contributed by atoms with E-state index in [-0.39, 0.29) is 16.5 Å². The Bertz CT molecular complexity index is 511. The molecule has 0 radical (unpaired) electrons. The van der Waals surface area contributed by atoms with E-state index in [9.17, 15) is 13.2 Å². The lowest BCUT2D eigenvalue weighted by atomic mass is 9.94. The molecule has 2 rings (SSSR count). The van der Waals surface area contributed by atoms with Gasteiger partial charge >= 0.3 is 6.18 Å². The second kappa shape index (κ2) is 7.20. The maximum Gasteiger partial charge on any atom is 0.418 e. The number of rotatable bonds is 4. The second-order valence-electron chi connectivity index (χ2n) is 5.86. The van der Waals surface area contributed by atoms with Gasteiger partial charge in [-0.25, -0.2) is 0 Å². The van der Waals surface area contributed by atoms with Crippen LogP contribution in [0.3, 0.4) is 0 Å². The van der Waals surface area contributed by atoms with Gasteiger partial charge in [-0.2, -0.15) is 13.2 Å². The molecule has 0 unspecified atom stereocenters. The molecular weight excluding hydrogens is 315 g/mol. The quantitative estimate of drug-likeness (QED) is 0.810. The topological polar surface area (TPSA) is 12.5 Å². The zero-order valence-corrected chi connectivity index (χ0v) is 13.6. The Balaban J connectivity index is 2.21. The van der Waals surface area contributed by atoms with E-state index in [0.29, 0.717) is 31.7 Å². The van der Waals surface area contributed by atoms with E-state index in [2.05, 4.69) is 4.90 Å². The van der Waals surface area contributed by atoms with Gasteiger partial charge in [-0.3, -0.25) is 4.90 Å². The van der Waals surface area contributed by atoms with E-state index in [0.717, 1.165) is 13.1 Å². The number of nitrogens with zero attached hydrogens (tertiary/aromatic N) is 1. The maximum absolute atomic E-state index is 13.3. The Morgan fingerprint density at radius 1 is 1.23 bits per heavy atom. The number of hydrogen-bond acceptors (Lipinski definition) is 2. The minimum atomic E-state index is -4.42. The molecule has 1 aliphatic heterocycles. The van der Waals surface area contributed by atoms with Crippen LogP contribution >= 0.6 is 11.6 Å². The summed E-state index contributed by atoms with van der Waals surface area (Å²) in [7, 11) is 0. The van der Waals surface area contributed by atoms with Gasteiger partial charge < -0.3 is 4.74 Å². The van der Waals surface area contributed by atoms with Gasteiger partial charge in [0.05, 0.1) is 23.8 Å². The van der Waals surface area contributed by atoms with Gasteiger partial charge in [0.2, 0.25) is 0 Å². The van der Waals surface area contributed by atoms with E-state index < -0.39 is 11.7 Å². The molecule has 0 N–H and O–H groups in total. The summed E-state index contributed by atoms with van der Waals surface area (Å²) < 4.78 is 45.3. The summed E-state index contributed by atoms with van der Waals surface area (Å²) in [6.45, 7) is 7.16. The summed E-state index contributed by atoms with van der Waals surface area (Å²) in [5.74, 6) is -0.220. The molecule has 1 saturated heterocycles. The molecular formula is C16H21ClF3NO. The highest BCUT2D eigenvalue weighted by Gasteiger charge is 2.37. The molecule has 1 aromatic rings. The lowest BCUT2D eigenvalue weighted by Gasteiger charge is -2.27. The van der Waals surface area contributed by atoms with Gasteiger partial charge in [-0.05, 0) is 23.5 Å². The molecule has 2 nitrogen and oxygen atoms in total. The van der Waals surface area contributed by atoms with Gasteiger partial charge in [-0.1, -0.05) is 37.6 Å². The fourth-order valence-corrected chi connectivity index (χ4v) is 3.07. The Hall–Kier alpha value is -0.780. The minimum absolute atomic E-state index is 0.146. The van der Waals surface area contributed by atoms with Crippen LogP contribution in [0.4, 0.5) is 13.2 Å². The first-order valence-corrected chi connectivity index (χ1v) is 7.87. The highest BCUT2D eigenvalue weighted by molar-refractivity contribution is 6.32. The summed E-state index contributed by atoms with van der Waals surface area (Å²) in [5.41, 5.74) is 0.140. The lowest BCUT2D eigenvalue weighted by Crippen LogP contribution is -2.37. The van der Waals surface area contributed by atoms with Crippen LogP contribution in [0.25, 0.3) is 0 Å². The number of morpholine rings is 1. The van der Waals surface area contributed by atoms with E-state index in [1.807, 2.05) is 0 Å². The standard InChI is InChI=1S/C16H21ClF3NO/c1-11(2)13-4-3-12(15(17)14(13)16(18,19)20)5-6-21-7-9-22-10-8-21/h3-4,11H,5-10H2,1-2H3. The number of benzene rings is 1. The van der Waals surface area contributed by atoms with Crippen molar-refractivity contribution in [3.05, 3.63) is 33.8 Å². The number of halogens is 4. The monoisotopic (exact) mass is 335 g/mol. The average Bonchev–Trinajstić information content (AvgIpc) is 2.45. The van der Waals surface area contributed by atoms with Gasteiger partial charge in [-0.15, -0.1) is 0 Å². The Morgan fingerprint density at radius 2 is 1.86 bits per heavy atom. The molecule has 0 amide bonds. The SMILES string of the molecule is CC(C)c1ccc(CCN2CCOCC2)c(Cl)c1C(F)(F)F. The fourth-order valence-electron chi connectivity index (χ4n) is 2.70. The summed E-state index contributed by atoms with van der Waals surface area (Å²) in [4.78, 5) is 2.18. The molecule has 22 heavy (non-hydrogen) atoms. The summed E-state index contributed by atoms with van der Waals surface area (Å²) >= 11 is 6.10. The van der Waals surface area contributed by atoms with Crippen LogP contribution in [0.15, 0.2) is 12.1 Å². The van der Waals surface area contributed by atoms with Crippen molar-refractivity contribution in [1.29, 1.82) is 0 Å². The van der Waals surface area contributed by atoms with Crippen molar-refractivity contribution in [1.82, 2.24) is 4.90 Å². The Labute approximate surface area is 134 Å². The predicted octanol–water partition coefficient (Wildman–Crippen LogP) is 4.36. The third-order valence-electron chi connectivity index (χ3n) is 3.96. The zero-order valence-electron chi connectivity index (χ0n) is 12.8. The molecule has 124 valence electrons. The summed E-state index contributed by atoms with van der Waals surface area (Å²) in [6, 6.07) is 3.29. The van der Waals surface area contributed by atoms with Crippen LogP contribution in [-0.2, 0) is 17.3 Å². The van der Waals surface area contributed by atoms with Gasteiger partial charge in [0.25, 0.3) is 0 Å². The predicted molar refractivity (Wildman–Crippen MR) is 81.5 cm³/mol. The van der Waals surface area contributed by atoms with Gasteiger partial charge in [0.15, 0.2) is 0 Å². The zero-order chi connectivity index (χ0) is 16.3. The summed E-state index contributed by atoms with van der Waals surface area (Å²) in [6.07, 6.45) is -3.91. The van der Waals surface area contributed by atoms with Crippen molar-refractivity contribution < 1.29 is 17.9 Å². The molecule has 1 fully saturated rings. The van der Waals surface area contributed by atoms with Crippen LogP contribution in [0.2, 0.25) is 5.02 Å². The molecule has 0 atom stereocenters. The molecule has 1 aromatic carbocycles. The third-order valence-corrected chi connectivity index (χ3v) is 4.39. The first-order valence-electron chi connectivity index (χ1n) is 7.49.